The standard InChI is InChI=1S/C25H22O6/c1-29-23-14-8-18(15-24(23)31-16-19-5-3-2-4-6-19)7-13-22(26)20-9-11-21(12-10-20)30-17-25(27)28/h2-15H,16-17H2,1H3,(H,27,28)/p-1/b13-7+. The fourth-order valence-electron chi connectivity index (χ4n) is 2.77. The zero-order valence-electron chi connectivity index (χ0n) is 16.9. The number of benzene rings is 3. The number of rotatable bonds is 10. The van der Waals surface area contributed by atoms with Crippen LogP contribution in [0, 0.1) is 0 Å². The Hall–Kier alpha value is -4.06. The van der Waals surface area contributed by atoms with Gasteiger partial charge in [0.15, 0.2) is 17.3 Å². The van der Waals surface area contributed by atoms with Crippen molar-refractivity contribution in [3.8, 4) is 17.2 Å². The minimum absolute atomic E-state index is 0.200. The summed E-state index contributed by atoms with van der Waals surface area (Å²) in [6.07, 6.45) is 3.15. The van der Waals surface area contributed by atoms with E-state index in [0.717, 1.165) is 11.1 Å². The lowest BCUT2D eigenvalue weighted by molar-refractivity contribution is -0.307. The van der Waals surface area contributed by atoms with Crippen LogP contribution in [0.3, 0.4) is 0 Å². The number of ether oxygens (including phenoxy) is 3. The molecule has 0 aliphatic rings. The van der Waals surface area contributed by atoms with Crippen molar-refractivity contribution in [2.75, 3.05) is 13.7 Å². The van der Waals surface area contributed by atoms with Gasteiger partial charge in [-0.2, -0.15) is 0 Å². The summed E-state index contributed by atoms with van der Waals surface area (Å²) in [5, 5.41) is 10.4. The quantitative estimate of drug-likeness (QED) is 0.372. The highest BCUT2D eigenvalue weighted by Crippen LogP contribution is 2.29. The van der Waals surface area contributed by atoms with E-state index in [0.29, 0.717) is 29.4 Å². The van der Waals surface area contributed by atoms with Crippen molar-refractivity contribution in [2.24, 2.45) is 0 Å². The topological polar surface area (TPSA) is 84.9 Å². The number of carboxylic acids is 1. The summed E-state index contributed by atoms with van der Waals surface area (Å²) in [5.41, 5.74) is 2.27. The Morgan fingerprint density at radius 2 is 1.65 bits per heavy atom. The second-order valence-corrected chi connectivity index (χ2v) is 6.57. The number of hydrogen-bond acceptors (Lipinski definition) is 6. The van der Waals surface area contributed by atoms with Crippen LogP contribution in [0.2, 0.25) is 0 Å². The zero-order chi connectivity index (χ0) is 22.1. The van der Waals surface area contributed by atoms with Gasteiger partial charge in [-0.3, -0.25) is 4.79 Å². The number of methoxy groups -OCH3 is 1. The van der Waals surface area contributed by atoms with Gasteiger partial charge < -0.3 is 24.1 Å². The Morgan fingerprint density at radius 1 is 0.903 bits per heavy atom. The van der Waals surface area contributed by atoms with Crippen LogP contribution in [0.25, 0.3) is 6.08 Å². The predicted octanol–water partition coefficient (Wildman–Crippen LogP) is 3.30. The molecular weight excluding hydrogens is 396 g/mol. The van der Waals surface area contributed by atoms with Crippen molar-refractivity contribution < 1.29 is 28.9 Å². The molecule has 0 bridgehead atoms. The van der Waals surface area contributed by atoms with Gasteiger partial charge in [0.25, 0.3) is 0 Å². The monoisotopic (exact) mass is 417 g/mol. The van der Waals surface area contributed by atoms with Crippen molar-refractivity contribution in [1.29, 1.82) is 0 Å². The lowest BCUT2D eigenvalue weighted by Crippen LogP contribution is -2.28. The summed E-state index contributed by atoms with van der Waals surface area (Å²) in [6, 6.07) is 21.4. The molecule has 3 rings (SSSR count). The number of allylic oxidation sites excluding steroid dienone is 1. The van der Waals surface area contributed by atoms with Crippen molar-refractivity contribution in [3.05, 3.63) is 95.6 Å². The molecule has 3 aromatic rings. The van der Waals surface area contributed by atoms with Crippen LogP contribution in [0.5, 0.6) is 17.2 Å². The highest BCUT2D eigenvalue weighted by Gasteiger charge is 2.07. The van der Waals surface area contributed by atoms with Crippen LogP contribution in [0.4, 0.5) is 0 Å². The molecule has 3 aromatic carbocycles. The van der Waals surface area contributed by atoms with E-state index in [-0.39, 0.29) is 5.78 Å². The molecule has 0 spiro atoms. The van der Waals surface area contributed by atoms with Gasteiger partial charge in [-0.05, 0) is 53.6 Å². The minimum Gasteiger partial charge on any atom is -0.546 e. The van der Waals surface area contributed by atoms with Gasteiger partial charge >= 0.3 is 0 Å². The zero-order valence-corrected chi connectivity index (χ0v) is 16.9. The lowest BCUT2D eigenvalue weighted by Gasteiger charge is -2.11. The van der Waals surface area contributed by atoms with Crippen molar-refractivity contribution >= 4 is 17.8 Å². The molecule has 0 aromatic heterocycles. The molecule has 0 atom stereocenters. The molecule has 6 heteroatoms. The Kier molecular flexibility index (Phi) is 7.43. The third-order valence-corrected chi connectivity index (χ3v) is 4.35. The van der Waals surface area contributed by atoms with E-state index in [2.05, 4.69) is 0 Å². The molecule has 0 N–H and O–H groups in total. The van der Waals surface area contributed by atoms with Gasteiger partial charge in [0.05, 0.1) is 13.1 Å². The Bertz CT molecular complexity index is 1060. The number of carboxylic acid groups (broad SMARTS) is 1. The van der Waals surface area contributed by atoms with Crippen LogP contribution in [-0.2, 0) is 11.4 Å². The lowest BCUT2D eigenvalue weighted by atomic mass is 10.1. The molecule has 0 fully saturated rings. The van der Waals surface area contributed by atoms with Crippen LogP contribution in [0.1, 0.15) is 21.5 Å². The Balaban J connectivity index is 1.66. The fourth-order valence-corrected chi connectivity index (χ4v) is 2.77. The van der Waals surface area contributed by atoms with E-state index in [1.807, 2.05) is 42.5 Å². The van der Waals surface area contributed by atoms with Crippen LogP contribution >= 0.6 is 0 Å². The first-order chi connectivity index (χ1) is 15.0. The molecule has 0 saturated heterocycles. The highest BCUT2D eigenvalue weighted by atomic mass is 16.5. The van der Waals surface area contributed by atoms with Gasteiger partial charge in [-0.15, -0.1) is 0 Å². The molecule has 0 heterocycles. The van der Waals surface area contributed by atoms with Crippen molar-refractivity contribution in [1.82, 2.24) is 0 Å². The molecule has 6 nitrogen and oxygen atoms in total. The van der Waals surface area contributed by atoms with Crippen LogP contribution in [0.15, 0.2) is 78.9 Å². The van der Waals surface area contributed by atoms with E-state index in [4.69, 9.17) is 14.2 Å². The van der Waals surface area contributed by atoms with Gasteiger partial charge in [0, 0.05) is 5.56 Å². The number of hydrogen-bond donors (Lipinski definition) is 0. The number of carbonyl (C=O) groups is 2. The largest absolute Gasteiger partial charge is 0.546 e. The third kappa shape index (κ3) is 6.47. The van der Waals surface area contributed by atoms with Crippen LogP contribution in [-0.4, -0.2) is 25.5 Å². The molecule has 0 saturated carbocycles. The summed E-state index contributed by atoms with van der Waals surface area (Å²) in [7, 11) is 1.57. The van der Waals surface area contributed by atoms with Gasteiger partial charge in [0.1, 0.15) is 19.0 Å². The van der Waals surface area contributed by atoms with Crippen LogP contribution < -0.4 is 19.3 Å². The maximum atomic E-state index is 12.4. The Labute approximate surface area is 180 Å². The fraction of sp³-hybridized carbons (Fsp3) is 0.120. The normalized spacial score (nSPS) is 10.6. The Morgan fingerprint density at radius 3 is 2.32 bits per heavy atom. The number of aliphatic carboxylic acids is 1. The average molecular weight is 417 g/mol. The first-order valence-corrected chi connectivity index (χ1v) is 9.55. The first-order valence-electron chi connectivity index (χ1n) is 9.55. The maximum Gasteiger partial charge on any atom is 0.185 e. The first kappa shape index (κ1) is 21.6. The number of ketones is 1. The molecule has 0 amide bonds. The smallest absolute Gasteiger partial charge is 0.185 e. The van der Waals surface area contributed by atoms with Gasteiger partial charge in [-0.25, -0.2) is 0 Å². The maximum absolute atomic E-state index is 12.4. The molecular formula is C25H21O6-. The second-order valence-electron chi connectivity index (χ2n) is 6.57. The molecule has 158 valence electrons. The summed E-state index contributed by atoms with van der Waals surface area (Å²) in [5.74, 6) is 0.0192. The summed E-state index contributed by atoms with van der Waals surface area (Å²) in [4.78, 5) is 22.9. The predicted molar refractivity (Wildman–Crippen MR) is 114 cm³/mol. The molecule has 0 aliphatic carbocycles. The molecule has 31 heavy (non-hydrogen) atoms. The van der Waals surface area contributed by atoms with Crippen molar-refractivity contribution in [2.45, 2.75) is 6.61 Å². The van der Waals surface area contributed by atoms with Gasteiger partial charge in [0.2, 0.25) is 0 Å². The molecule has 0 unspecified atom stereocenters. The van der Waals surface area contributed by atoms with E-state index >= 15 is 0 Å². The molecule has 0 radical (unpaired) electrons. The molecule has 0 aliphatic heterocycles. The summed E-state index contributed by atoms with van der Waals surface area (Å²) < 4.78 is 16.3. The summed E-state index contributed by atoms with van der Waals surface area (Å²) >= 11 is 0. The van der Waals surface area contributed by atoms with E-state index < -0.39 is 12.6 Å². The summed E-state index contributed by atoms with van der Waals surface area (Å²) in [6.45, 7) is -0.144. The van der Waals surface area contributed by atoms with Gasteiger partial charge in [-0.1, -0.05) is 42.5 Å². The third-order valence-electron chi connectivity index (χ3n) is 4.35. The second kappa shape index (κ2) is 10.6. The van der Waals surface area contributed by atoms with E-state index in [9.17, 15) is 14.7 Å². The van der Waals surface area contributed by atoms with E-state index in [1.54, 1.807) is 31.4 Å². The van der Waals surface area contributed by atoms with Crippen molar-refractivity contribution in [3.63, 3.8) is 0 Å². The average Bonchev–Trinajstić information content (AvgIpc) is 2.81. The SMILES string of the molecule is COc1ccc(/C=C/C(=O)c2ccc(OCC(=O)[O-])cc2)cc1OCc1ccccc1. The van der Waals surface area contributed by atoms with E-state index in [1.165, 1.54) is 18.2 Å². The highest BCUT2D eigenvalue weighted by molar-refractivity contribution is 6.06. The number of carbonyl (C=O) groups excluding carboxylic acids is 2. The minimum atomic E-state index is -1.31.